The molecular weight excluding hydrogens is 324 g/mol. The molecule has 4 aromatic rings. The second kappa shape index (κ2) is 5.70. The lowest BCUT2D eigenvalue weighted by atomic mass is 10.0. The quantitative estimate of drug-likeness (QED) is 0.512. The summed E-state index contributed by atoms with van der Waals surface area (Å²) < 4.78 is 3.35. The van der Waals surface area contributed by atoms with E-state index >= 15 is 0 Å². The zero-order valence-corrected chi connectivity index (χ0v) is 15.3. The molecule has 2 heterocycles. The van der Waals surface area contributed by atoms with Gasteiger partial charge in [-0.15, -0.1) is 0 Å². The van der Waals surface area contributed by atoms with Crippen LogP contribution in [0.1, 0.15) is 22.8 Å². The number of aryl methyl sites for hydroxylation is 3. The third kappa shape index (κ3) is 2.15. The fourth-order valence-electron chi connectivity index (χ4n) is 3.82. The van der Waals surface area contributed by atoms with Crippen molar-refractivity contribution < 1.29 is 4.79 Å². The number of carbonyl (C=O) groups excluding carboxylic acids is 1. The summed E-state index contributed by atoms with van der Waals surface area (Å²) >= 11 is 0. The summed E-state index contributed by atoms with van der Waals surface area (Å²) in [6.45, 7) is 5.50. The topological polar surface area (TPSA) is 44.0 Å². The van der Waals surface area contributed by atoms with Crippen molar-refractivity contribution in [1.29, 1.82) is 0 Å². The summed E-state index contributed by atoms with van der Waals surface area (Å²) in [6, 6.07) is 15.8. The lowest BCUT2D eigenvalue weighted by molar-refractivity contribution is 0.0943. The molecular formula is C22H20N2O2. The highest BCUT2D eigenvalue weighted by molar-refractivity contribution is 6.12. The van der Waals surface area contributed by atoms with Crippen molar-refractivity contribution in [3.63, 3.8) is 0 Å². The average molecular weight is 344 g/mol. The van der Waals surface area contributed by atoms with E-state index in [0.29, 0.717) is 10.9 Å². The number of para-hydroxylation sites is 1. The van der Waals surface area contributed by atoms with Gasteiger partial charge < -0.3 is 4.57 Å². The predicted octanol–water partition coefficient (Wildman–Crippen LogP) is 4.44. The van der Waals surface area contributed by atoms with E-state index in [4.69, 9.17) is 0 Å². The molecule has 0 atom stereocenters. The zero-order chi connectivity index (χ0) is 18.6. The number of fused-ring (bicyclic) bond motifs is 3. The molecule has 0 bridgehead atoms. The normalized spacial score (nSPS) is 11.4. The van der Waals surface area contributed by atoms with Crippen molar-refractivity contribution >= 4 is 27.7 Å². The van der Waals surface area contributed by atoms with Crippen LogP contribution in [0.25, 0.3) is 33.1 Å². The number of pyridine rings is 1. The van der Waals surface area contributed by atoms with Crippen LogP contribution in [-0.2, 0) is 7.05 Å². The molecule has 130 valence electrons. The Kier molecular flexibility index (Phi) is 3.58. The van der Waals surface area contributed by atoms with Gasteiger partial charge in [-0.2, -0.15) is 0 Å². The molecule has 2 aromatic carbocycles. The molecule has 0 saturated heterocycles. The highest BCUT2D eigenvalue weighted by Crippen LogP contribution is 2.35. The third-order valence-electron chi connectivity index (χ3n) is 5.09. The molecule has 2 aromatic heterocycles. The molecule has 0 aliphatic carbocycles. The lowest BCUT2D eigenvalue weighted by Gasteiger charge is -2.10. The first-order valence-electron chi connectivity index (χ1n) is 8.62. The van der Waals surface area contributed by atoms with E-state index in [1.54, 1.807) is 23.1 Å². The largest absolute Gasteiger partial charge is 0.311 e. The fourth-order valence-corrected chi connectivity index (χ4v) is 3.82. The maximum absolute atomic E-state index is 13.1. The van der Waals surface area contributed by atoms with Crippen LogP contribution >= 0.6 is 0 Å². The van der Waals surface area contributed by atoms with Crippen LogP contribution in [0.4, 0.5) is 0 Å². The molecule has 0 fully saturated rings. The minimum Gasteiger partial charge on any atom is -0.311 e. The second-order valence-corrected chi connectivity index (χ2v) is 6.80. The fraction of sp³-hybridized carbons (Fsp3) is 0.182. The van der Waals surface area contributed by atoms with Crippen molar-refractivity contribution in [2.45, 2.75) is 20.8 Å². The summed E-state index contributed by atoms with van der Waals surface area (Å²) in [4.78, 5) is 25.7. The van der Waals surface area contributed by atoms with Gasteiger partial charge in [-0.05, 0) is 31.0 Å². The van der Waals surface area contributed by atoms with Crippen LogP contribution in [-0.4, -0.2) is 15.0 Å². The molecule has 0 radical (unpaired) electrons. The second-order valence-electron chi connectivity index (χ2n) is 6.80. The Balaban J connectivity index is 2.30. The molecule has 0 unspecified atom stereocenters. The minimum atomic E-state index is -0.0999. The highest BCUT2D eigenvalue weighted by Gasteiger charge is 2.23. The number of hydrogen-bond donors (Lipinski definition) is 0. The molecule has 4 rings (SSSR count). The zero-order valence-electron chi connectivity index (χ0n) is 15.3. The summed E-state index contributed by atoms with van der Waals surface area (Å²) in [7, 11) is 1.78. The van der Waals surface area contributed by atoms with Crippen molar-refractivity contribution in [3.8, 4) is 11.3 Å². The van der Waals surface area contributed by atoms with Crippen LogP contribution in [0.3, 0.4) is 0 Å². The SMILES string of the molecule is CC(=O)n1c(-c2ccc(C)cc2)c(C)c2c(=O)n(C)c3ccccc3c21. The maximum Gasteiger partial charge on any atom is 0.260 e. The van der Waals surface area contributed by atoms with Crippen LogP contribution in [0.2, 0.25) is 0 Å². The Morgan fingerprint density at radius 1 is 0.962 bits per heavy atom. The standard InChI is InChI=1S/C22H20N2O2/c1-13-9-11-16(12-10-13)20-14(2)19-21(24(20)15(3)25)17-7-5-6-8-18(17)23(4)22(19)26/h5-12H,1-4H3. The highest BCUT2D eigenvalue weighted by atomic mass is 16.2. The molecule has 26 heavy (non-hydrogen) atoms. The van der Waals surface area contributed by atoms with Crippen molar-refractivity contribution in [3.05, 3.63) is 70.0 Å². The van der Waals surface area contributed by atoms with Gasteiger partial charge in [0.25, 0.3) is 5.56 Å². The molecule has 0 N–H and O–H groups in total. The average Bonchev–Trinajstić information content (AvgIpc) is 2.94. The first-order valence-corrected chi connectivity index (χ1v) is 8.62. The molecule has 0 saturated carbocycles. The molecule has 0 amide bonds. The summed E-state index contributed by atoms with van der Waals surface area (Å²) in [5, 5.41) is 1.51. The summed E-state index contributed by atoms with van der Waals surface area (Å²) in [5.41, 5.74) is 5.16. The van der Waals surface area contributed by atoms with Gasteiger partial charge in [0, 0.05) is 19.4 Å². The van der Waals surface area contributed by atoms with Gasteiger partial charge in [0.05, 0.1) is 22.1 Å². The van der Waals surface area contributed by atoms with Gasteiger partial charge in [0.15, 0.2) is 0 Å². The minimum absolute atomic E-state index is 0.0791. The van der Waals surface area contributed by atoms with E-state index in [9.17, 15) is 9.59 Å². The van der Waals surface area contributed by atoms with Gasteiger partial charge in [0.1, 0.15) is 0 Å². The predicted molar refractivity (Wildman–Crippen MR) is 106 cm³/mol. The van der Waals surface area contributed by atoms with E-state index in [2.05, 4.69) is 0 Å². The summed E-state index contributed by atoms with van der Waals surface area (Å²) in [6.07, 6.45) is 0. The van der Waals surface area contributed by atoms with Crippen LogP contribution < -0.4 is 5.56 Å². The van der Waals surface area contributed by atoms with E-state index in [0.717, 1.165) is 33.3 Å². The van der Waals surface area contributed by atoms with E-state index in [-0.39, 0.29) is 11.5 Å². The molecule has 4 heteroatoms. The van der Waals surface area contributed by atoms with Crippen LogP contribution in [0.5, 0.6) is 0 Å². The number of hydrogen-bond acceptors (Lipinski definition) is 2. The van der Waals surface area contributed by atoms with Gasteiger partial charge in [-0.1, -0.05) is 48.0 Å². The Hall–Kier alpha value is -3.14. The maximum atomic E-state index is 13.1. The molecule has 0 spiro atoms. The molecule has 0 aliphatic rings. The summed E-state index contributed by atoms with van der Waals surface area (Å²) in [5.74, 6) is -0.0999. The number of rotatable bonds is 1. The smallest absolute Gasteiger partial charge is 0.260 e. The Morgan fingerprint density at radius 3 is 2.27 bits per heavy atom. The lowest BCUT2D eigenvalue weighted by Crippen LogP contribution is -2.18. The number of aromatic nitrogens is 2. The van der Waals surface area contributed by atoms with Crippen molar-refractivity contribution in [1.82, 2.24) is 9.13 Å². The van der Waals surface area contributed by atoms with Crippen LogP contribution in [0, 0.1) is 13.8 Å². The van der Waals surface area contributed by atoms with E-state index < -0.39 is 0 Å². The first kappa shape index (κ1) is 16.3. The van der Waals surface area contributed by atoms with Gasteiger partial charge in [-0.3, -0.25) is 14.2 Å². The van der Waals surface area contributed by atoms with Crippen molar-refractivity contribution in [2.24, 2.45) is 7.05 Å². The Labute approximate surface area is 151 Å². The third-order valence-corrected chi connectivity index (χ3v) is 5.09. The monoisotopic (exact) mass is 344 g/mol. The van der Waals surface area contributed by atoms with Crippen LogP contribution in [0.15, 0.2) is 53.3 Å². The van der Waals surface area contributed by atoms with Gasteiger partial charge in [0.2, 0.25) is 5.91 Å². The Morgan fingerprint density at radius 2 is 1.62 bits per heavy atom. The number of carbonyl (C=O) groups is 1. The van der Waals surface area contributed by atoms with Crippen molar-refractivity contribution in [2.75, 3.05) is 0 Å². The van der Waals surface area contributed by atoms with E-state index in [1.807, 2.05) is 62.4 Å². The molecule has 0 aliphatic heterocycles. The van der Waals surface area contributed by atoms with Gasteiger partial charge >= 0.3 is 0 Å². The van der Waals surface area contributed by atoms with E-state index in [1.165, 1.54) is 0 Å². The molecule has 4 nitrogen and oxygen atoms in total. The first-order chi connectivity index (χ1) is 12.4. The Bertz CT molecular complexity index is 1240. The number of nitrogens with zero attached hydrogens (tertiary/aromatic N) is 2. The number of benzene rings is 2. The van der Waals surface area contributed by atoms with Gasteiger partial charge in [-0.25, -0.2) is 0 Å².